The molecule has 0 saturated carbocycles. The van der Waals surface area contributed by atoms with Crippen LogP contribution in [0.5, 0.6) is 0 Å². The molecule has 158 valence electrons. The number of furan rings is 1. The molecule has 0 saturated heterocycles. The zero-order valence-electron chi connectivity index (χ0n) is 17.2. The van der Waals surface area contributed by atoms with Gasteiger partial charge in [0.2, 0.25) is 0 Å². The van der Waals surface area contributed by atoms with E-state index < -0.39 is 0 Å². The molecule has 0 spiro atoms. The third-order valence-electron chi connectivity index (χ3n) is 4.83. The lowest BCUT2D eigenvalue weighted by molar-refractivity contribution is 0.0997. The number of anilines is 2. The number of carbonyl (C=O) groups excluding carboxylic acids is 1. The zero-order chi connectivity index (χ0) is 21.8. The quantitative estimate of drug-likeness (QED) is 0.327. The maximum atomic E-state index is 12.7. The lowest BCUT2D eigenvalue weighted by Crippen LogP contribution is -2.17. The summed E-state index contributed by atoms with van der Waals surface area (Å²) in [5.41, 5.74) is 2.90. The second-order valence-corrected chi connectivity index (χ2v) is 8.65. The van der Waals surface area contributed by atoms with Crippen molar-refractivity contribution in [3.8, 4) is 0 Å². The van der Waals surface area contributed by atoms with Gasteiger partial charge in [-0.05, 0) is 61.4 Å². The number of thiophene rings is 1. The Morgan fingerprint density at radius 3 is 2.65 bits per heavy atom. The van der Waals surface area contributed by atoms with Gasteiger partial charge < -0.3 is 15.1 Å². The molecule has 7 heteroatoms. The Kier molecular flexibility index (Phi) is 6.39. The minimum atomic E-state index is -0.278. The topological polar surface area (TPSA) is 67.2 Å². The molecule has 0 aliphatic rings. The SMILES string of the molecule is CCc1cc(C(Nc2cccc(C)n2)c2ccc(Cl)cc2)c(NC(=O)c2ccco2)s1. The van der Waals surface area contributed by atoms with Gasteiger partial charge in [-0.25, -0.2) is 4.98 Å². The fourth-order valence-corrected chi connectivity index (χ4v) is 4.44. The van der Waals surface area contributed by atoms with Gasteiger partial charge in [0.05, 0.1) is 12.3 Å². The van der Waals surface area contributed by atoms with Gasteiger partial charge in [0.15, 0.2) is 5.76 Å². The lowest BCUT2D eigenvalue weighted by Gasteiger charge is -2.21. The molecule has 0 fully saturated rings. The van der Waals surface area contributed by atoms with E-state index in [1.54, 1.807) is 23.5 Å². The molecule has 0 aliphatic carbocycles. The van der Waals surface area contributed by atoms with E-state index in [0.29, 0.717) is 5.02 Å². The summed E-state index contributed by atoms with van der Waals surface area (Å²) in [4.78, 5) is 18.5. The average molecular weight is 452 g/mol. The molecule has 3 heterocycles. The number of nitrogens with zero attached hydrogens (tertiary/aromatic N) is 1. The molecule has 0 aliphatic heterocycles. The van der Waals surface area contributed by atoms with Crippen LogP contribution in [-0.4, -0.2) is 10.9 Å². The second kappa shape index (κ2) is 9.37. The fraction of sp³-hybridized carbons (Fsp3) is 0.167. The number of aromatic nitrogens is 1. The van der Waals surface area contributed by atoms with Crippen molar-refractivity contribution in [3.05, 3.63) is 99.4 Å². The Hall–Kier alpha value is -3.09. The molecule has 1 unspecified atom stereocenters. The summed E-state index contributed by atoms with van der Waals surface area (Å²) in [6.45, 7) is 4.05. The number of pyridine rings is 1. The molecular formula is C24H22ClN3O2S. The van der Waals surface area contributed by atoms with E-state index in [1.165, 1.54) is 11.1 Å². The highest BCUT2D eigenvalue weighted by molar-refractivity contribution is 7.16. The van der Waals surface area contributed by atoms with Crippen LogP contribution in [0.2, 0.25) is 5.02 Å². The molecule has 4 aromatic rings. The van der Waals surface area contributed by atoms with Crippen molar-refractivity contribution in [2.75, 3.05) is 10.6 Å². The summed E-state index contributed by atoms with van der Waals surface area (Å²) >= 11 is 7.69. The molecule has 0 bridgehead atoms. The summed E-state index contributed by atoms with van der Waals surface area (Å²) in [7, 11) is 0. The summed E-state index contributed by atoms with van der Waals surface area (Å²) in [6, 6.07) is 18.8. The number of hydrogen-bond acceptors (Lipinski definition) is 5. The molecule has 3 aromatic heterocycles. The van der Waals surface area contributed by atoms with Crippen LogP contribution in [0.3, 0.4) is 0 Å². The van der Waals surface area contributed by atoms with Gasteiger partial charge in [0, 0.05) is 21.2 Å². The van der Waals surface area contributed by atoms with Gasteiger partial charge in [-0.3, -0.25) is 4.79 Å². The first-order valence-corrected chi connectivity index (χ1v) is 11.2. The summed E-state index contributed by atoms with van der Waals surface area (Å²) in [6.07, 6.45) is 2.35. The number of halogens is 1. The molecule has 4 rings (SSSR count). The van der Waals surface area contributed by atoms with Crippen LogP contribution in [0.1, 0.15) is 45.2 Å². The van der Waals surface area contributed by atoms with Crippen molar-refractivity contribution in [1.29, 1.82) is 0 Å². The number of nitrogens with one attached hydrogen (secondary N) is 2. The van der Waals surface area contributed by atoms with Crippen molar-refractivity contribution < 1.29 is 9.21 Å². The normalized spacial score (nSPS) is 11.8. The van der Waals surface area contributed by atoms with Crippen molar-refractivity contribution in [2.24, 2.45) is 0 Å². The molecule has 1 atom stereocenters. The Bertz CT molecular complexity index is 1170. The van der Waals surface area contributed by atoms with E-state index in [4.69, 9.17) is 16.0 Å². The van der Waals surface area contributed by atoms with Crippen LogP contribution in [0, 0.1) is 6.92 Å². The Labute approximate surface area is 190 Å². The van der Waals surface area contributed by atoms with E-state index in [9.17, 15) is 4.79 Å². The maximum absolute atomic E-state index is 12.7. The van der Waals surface area contributed by atoms with Crippen molar-refractivity contribution in [2.45, 2.75) is 26.3 Å². The Morgan fingerprint density at radius 1 is 1.16 bits per heavy atom. The van der Waals surface area contributed by atoms with Gasteiger partial charge in [-0.1, -0.05) is 36.7 Å². The van der Waals surface area contributed by atoms with E-state index in [0.717, 1.165) is 34.1 Å². The summed E-state index contributed by atoms with van der Waals surface area (Å²) < 4.78 is 5.26. The van der Waals surface area contributed by atoms with Crippen molar-refractivity contribution in [1.82, 2.24) is 4.98 Å². The maximum Gasteiger partial charge on any atom is 0.291 e. The third-order valence-corrected chi connectivity index (χ3v) is 6.29. The Balaban J connectivity index is 1.75. The van der Waals surface area contributed by atoms with Crippen LogP contribution in [0.25, 0.3) is 0 Å². The van der Waals surface area contributed by atoms with E-state index in [1.807, 2.05) is 49.4 Å². The van der Waals surface area contributed by atoms with Crippen LogP contribution >= 0.6 is 22.9 Å². The number of carbonyl (C=O) groups is 1. The Morgan fingerprint density at radius 2 is 1.97 bits per heavy atom. The average Bonchev–Trinajstić information content (AvgIpc) is 3.43. The smallest absolute Gasteiger partial charge is 0.291 e. The highest BCUT2D eigenvalue weighted by Crippen LogP contribution is 2.38. The van der Waals surface area contributed by atoms with Crippen molar-refractivity contribution in [3.63, 3.8) is 0 Å². The predicted octanol–water partition coefficient (Wildman–Crippen LogP) is 6.71. The summed E-state index contributed by atoms with van der Waals surface area (Å²) in [5.74, 6) is 0.751. The molecule has 1 amide bonds. The molecule has 31 heavy (non-hydrogen) atoms. The largest absolute Gasteiger partial charge is 0.459 e. The van der Waals surface area contributed by atoms with Crippen LogP contribution in [-0.2, 0) is 6.42 Å². The molecule has 5 nitrogen and oxygen atoms in total. The van der Waals surface area contributed by atoms with Gasteiger partial charge in [0.1, 0.15) is 10.8 Å². The van der Waals surface area contributed by atoms with Gasteiger partial charge in [-0.2, -0.15) is 0 Å². The van der Waals surface area contributed by atoms with E-state index in [2.05, 4.69) is 28.6 Å². The number of rotatable bonds is 7. The number of amides is 1. The molecule has 1 aromatic carbocycles. The van der Waals surface area contributed by atoms with Crippen LogP contribution in [0.4, 0.5) is 10.8 Å². The standard InChI is InChI=1S/C24H22ClN3O2S/c1-3-18-14-19(24(31-18)28-23(29)20-7-5-13-30-20)22(16-9-11-17(25)12-10-16)27-21-8-4-6-15(2)26-21/h4-14,22H,3H2,1-2H3,(H,26,27)(H,28,29). The number of aryl methyl sites for hydroxylation is 2. The number of hydrogen-bond donors (Lipinski definition) is 2. The first kappa shape index (κ1) is 21.2. The fourth-order valence-electron chi connectivity index (χ4n) is 3.28. The van der Waals surface area contributed by atoms with Gasteiger partial charge in [-0.15, -0.1) is 11.3 Å². The predicted molar refractivity (Wildman–Crippen MR) is 126 cm³/mol. The monoisotopic (exact) mass is 451 g/mol. The van der Waals surface area contributed by atoms with Crippen molar-refractivity contribution >= 4 is 39.7 Å². The first-order valence-electron chi connectivity index (χ1n) is 9.96. The van der Waals surface area contributed by atoms with Gasteiger partial charge in [0.25, 0.3) is 5.91 Å². The minimum absolute atomic E-state index is 0.227. The van der Waals surface area contributed by atoms with Gasteiger partial charge >= 0.3 is 0 Å². The molecule has 2 N–H and O–H groups in total. The third kappa shape index (κ3) is 4.98. The summed E-state index contributed by atoms with van der Waals surface area (Å²) in [5, 5.41) is 8.01. The second-order valence-electron chi connectivity index (χ2n) is 7.08. The highest BCUT2D eigenvalue weighted by Gasteiger charge is 2.23. The number of benzene rings is 1. The lowest BCUT2D eigenvalue weighted by atomic mass is 9.99. The molecular weight excluding hydrogens is 430 g/mol. The first-order chi connectivity index (χ1) is 15.0. The minimum Gasteiger partial charge on any atom is -0.459 e. The highest BCUT2D eigenvalue weighted by atomic mass is 35.5. The molecule has 0 radical (unpaired) electrons. The van der Waals surface area contributed by atoms with Crippen LogP contribution in [0.15, 0.2) is 71.3 Å². The zero-order valence-corrected chi connectivity index (χ0v) is 18.8. The van der Waals surface area contributed by atoms with E-state index >= 15 is 0 Å². The van der Waals surface area contributed by atoms with E-state index in [-0.39, 0.29) is 17.7 Å². The van der Waals surface area contributed by atoms with Crippen LogP contribution < -0.4 is 10.6 Å².